The highest BCUT2D eigenvalue weighted by atomic mass is 32.2. The second-order valence-corrected chi connectivity index (χ2v) is 7.49. The SMILES string of the molecule is Cc1ccc(S(=O)(=O)n2cccc2C(C2OCCO2)C(F)(F)F)cc1. The summed E-state index contributed by atoms with van der Waals surface area (Å²) in [5.74, 6) is -2.20. The van der Waals surface area contributed by atoms with Gasteiger partial charge in [0.2, 0.25) is 0 Å². The summed E-state index contributed by atoms with van der Waals surface area (Å²) in [6.45, 7) is 1.84. The number of benzene rings is 1. The molecule has 1 aromatic carbocycles. The molecule has 25 heavy (non-hydrogen) atoms. The highest BCUT2D eigenvalue weighted by molar-refractivity contribution is 7.90. The fourth-order valence-corrected chi connectivity index (χ4v) is 4.08. The molecule has 5 nitrogen and oxygen atoms in total. The van der Waals surface area contributed by atoms with Gasteiger partial charge in [-0.25, -0.2) is 12.4 Å². The van der Waals surface area contributed by atoms with Crippen LogP contribution in [-0.4, -0.2) is 38.1 Å². The molecule has 0 radical (unpaired) electrons. The van der Waals surface area contributed by atoms with Gasteiger partial charge in [0.1, 0.15) is 5.92 Å². The largest absolute Gasteiger partial charge is 0.402 e. The second kappa shape index (κ2) is 6.47. The van der Waals surface area contributed by atoms with Gasteiger partial charge in [0.05, 0.1) is 23.8 Å². The van der Waals surface area contributed by atoms with Crippen LogP contribution in [0.1, 0.15) is 17.2 Å². The average Bonchev–Trinajstić information content (AvgIpc) is 3.19. The molecule has 0 bridgehead atoms. The maximum absolute atomic E-state index is 13.6. The molecule has 0 N–H and O–H groups in total. The van der Waals surface area contributed by atoms with Crippen LogP contribution in [0.15, 0.2) is 47.5 Å². The molecule has 3 rings (SSSR count). The summed E-state index contributed by atoms with van der Waals surface area (Å²) < 4.78 is 77.0. The molecule has 0 aliphatic carbocycles. The minimum atomic E-state index is -4.73. The molecule has 136 valence electrons. The Labute approximate surface area is 143 Å². The lowest BCUT2D eigenvalue weighted by Crippen LogP contribution is -2.35. The van der Waals surface area contributed by atoms with Crippen molar-refractivity contribution in [1.82, 2.24) is 3.97 Å². The van der Waals surface area contributed by atoms with Crippen molar-refractivity contribution in [3.63, 3.8) is 0 Å². The van der Waals surface area contributed by atoms with E-state index in [9.17, 15) is 21.6 Å². The third kappa shape index (κ3) is 3.44. The van der Waals surface area contributed by atoms with E-state index < -0.39 is 34.1 Å². The number of hydrogen-bond donors (Lipinski definition) is 0. The van der Waals surface area contributed by atoms with Gasteiger partial charge in [-0.15, -0.1) is 0 Å². The van der Waals surface area contributed by atoms with Crippen molar-refractivity contribution in [2.75, 3.05) is 13.2 Å². The van der Waals surface area contributed by atoms with Gasteiger partial charge in [-0.05, 0) is 31.2 Å². The van der Waals surface area contributed by atoms with Crippen molar-refractivity contribution in [1.29, 1.82) is 0 Å². The second-order valence-electron chi connectivity index (χ2n) is 5.68. The van der Waals surface area contributed by atoms with Gasteiger partial charge >= 0.3 is 6.18 Å². The number of halogens is 3. The van der Waals surface area contributed by atoms with Gasteiger partial charge in [0, 0.05) is 6.20 Å². The van der Waals surface area contributed by atoms with Crippen molar-refractivity contribution in [2.24, 2.45) is 0 Å². The smallest absolute Gasteiger partial charge is 0.349 e. The minimum absolute atomic E-state index is 0.0304. The maximum atomic E-state index is 13.6. The molecule has 0 amide bonds. The van der Waals surface area contributed by atoms with Crippen LogP contribution in [0.25, 0.3) is 0 Å². The van der Waals surface area contributed by atoms with E-state index in [1.807, 2.05) is 0 Å². The predicted octanol–water partition coefficient (Wildman–Crippen LogP) is 3.05. The summed E-state index contributed by atoms with van der Waals surface area (Å²) in [6, 6.07) is 8.27. The van der Waals surface area contributed by atoms with Crippen LogP contribution < -0.4 is 0 Å². The molecule has 2 aromatic rings. The molecule has 1 saturated heterocycles. The molecule has 1 atom stereocenters. The van der Waals surface area contributed by atoms with Crippen LogP contribution in [0.5, 0.6) is 0 Å². The lowest BCUT2D eigenvalue weighted by Gasteiger charge is -2.26. The number of nitrogens with zero attached hydrogens (tertiary/aromatic N) is 1. The third-order valence-corrected chi connectivity index (χ3v) is 5.63. The first kappa shape index (κ1) is 18.0. The first-order valence-corrected chi connectivity index (χ1v) is 8.94. The Balaban J connectivity index is 2.08. The van der Waals surface area contributed by atoms with E-state index in [0.29, 0.717) is 3.97 Å². The van der Waals surface area contributed by atoms with Crippen molar-refractivity contribution >= 4 is 10.0 Å². The Morgan fingerprint density at radius 1 is 1.12 bits per heavy atom. The number of rotatable bonds is 4. The normalized spacial score (nSPS) is 17.8. The summed E-state index contributed by atoms with van der Waals surface area (Å²) in [7, 11) is -4.17. The van der Waals surface area contributed by atoms with E-state index in [4.69, 9.17) is 9.47 Å². The molecule has 1 unspecified atom stereocenters. The summed E-state index contributed by atoms with van der Waals surface area (Å²) in [4.78, 5) is -0.0928. The van der Waals surface area contributed by atoms with Crippen LogP contribution in [-0.2, 0) is 19.5 Å². The van der Waals surface area contributed by atoms with Crippen LogP contribution in [0, 0.1) is 6.92 Å². The molecule has 1 aliphatic rings. The number of aromatic nitrogens is 1. The van der Waals surface area contributed by atoms with E-state index in [2.05, 4.69) is 0 Å². The molecule has 1 fully saturated rings. The van der Waals surface area contributed by atoms with Gasteiger partial charge in [-0.2, -0.15) is 13.2 Å². The summed E-state index contributed by atoms with van der Waals surface area (Å²) >= 11 is 0. The zero-order valence-electron chi connectivity index (χ0n) is 13.2. The minimum Gasteiger partial charge on any atom is -0.349 e. The quantitative estimate of drug-likeness (QED) is 0.824. The number of alkyl halides is 3. The standard InChI is InChI=1S/C16H16F3NO4S/c1-11-4-6-12(7-5-11)25(21,22)20-8-2-3-13(20)14(16(17,18)19)15-23-9-10-24-15/h2-8,14-15H,9-10H2,1H3. The Morgan fingerprint density at radius 2 is 1.72 bits per heavy atom. The number of ether oxygens (including phenoxy) is 2. The molecular formula is C16H16F3NO4S. The highest BCUT2D eigenvalue weighted by Crippen LogP contribution is 2.41. The molecular weight excluding hydrogens is 359 g/mol. The van der Waals surface area contributed by atoms with Gasteiger partial charge in [-0.3, -0.25) is 0 Å². The Hall–Kier alpha value is -1.84. The Bertz CT molecular complexity index is 837. The van der Waals surface area contributed by atoms with Crippen LogP contribution in [0.2, 0.25) is 0 Å². The van der Waals surface area contributed by atoms with Crippen molar-refractivity contribution in [2.45, 2.75) is 30.2 Å². The maximum Gasteiger partial charge on any atom is 0.402 e. The topological polar surface area (TPSA) is 57.5 Å². The summed E-state index contributed by atoms with van der Waals surface area (Å²) in [5, 5.41) is 0. The summed E-state index contributed by atoms with van der Waals surface area (Å²) in [6.07, 6.45) is -5.20. The first-order chi connectivity index (χ1) is 11.7. The fourth-order valence-electron chi connectivity index (χ4n) is 2.69. The van der Waals surface area contributed by atoms with Gasteiger partial charge < -0.3 is 9.47 Å². The van der Waals surface area contributed by atoms with Gasteiger partial charge in [0.25, 0.3) is 10.0 Å². The van der Waals surface area contributed by atoms with Crippen molar-refractivity contribution in [3.8, 4) is 0 Å². The molecule has 1 aliphatic heterocycles. The van der Waals surface area contributed by atoms with Gasteiger partial charge in [0.15, 0.2) is 6.29 Å². The van der Waals surface area contributed by atoms with E-state index >= 15 is 0 Å². The van der Waals surface area contributed by atoms with Crippen molar-refractivity contribution < 1.29 is 31.1 Å². The van der Waals surface area contributed by atoms with E-state index in [0.717, 1.165) is 17.8 Å². The molecule has 1 aromatic heterocycles. The number of hydrogen-bond acceptors (Lipinski definition) is 4. The third-order valence-electron chi connectivity index (χ3n) is 3.91. The van der Waals surface area contributed by atoms with E-state index in [1.165, 1.54) is 18.2 Å². The molecule has 0 spiro atoms. The zero-order chi connectivity index (χ0) is 18.2. The van der Waals surface area contributed by atoms with Crippen molar-refractivity contribution in [3.05, 3.63) is 53.9 Å². The van der Waals surface area contributed by atoms with E-state index in [1.54, 1.807) is 19.1 Å². The Morgan fingerprint density at radius 3 is 2.28 bits per heavy atom. The Kier molecular flexibility index (Phi) is 4.65. The van der Waals surface area contributed by atoms with Crippen LogP contribution >= 0.6 is 0 Å². The average molecular weight is 375 g/mol. The van der Waals surface area contributed by atoms with E-state index in [-0.39, 0.29) is 18.1 Å². The zero-order valence-corrected chi connectivity index (χ0v) is 14.0. The summed E-state index contributed by atoms with van der Waals surface area (Å²) in [5.41, 5.74) is 0.396. The molecule has 0 saturated carbocycles. The monoisotopic (exact) mass is 375 g/mol. The molecule has 2 heterocycles. The highest BCUT2D eigenvalue weighted by Gasteiger charge is 2.50. The molecule has 9 heteroatoms. The first-order valence-electron chi connectivity index (χ1n) is 7.50. The lowest BCUT2D eigenvalue weighted by molar-refractivity contribution is -0.208. The fraction of sp³-hybridized carbons (Fsp3) is 0.375. The van der Waals surface area contributed by atoms with Gasteiger partial charge in [-0.1, -0.05) is 17.7 Å². The lowest BCUT2D eigenvalue weighted by atomic mass is 10.1. The van der Waals surface area contributed by atoms with Crippen LogP contribution in [0.4, 0.5) is 13.2 Å². The van der Waals surface area contributed by atoms with Crippen LogP contribution in [0.3, 0.4) is 0 Å². The number of aryl methyl sites for hydroxylation is 1. The predicted molar refractivity (Wildman–Crippen MR) is 82.7 cm³/mol.